The van der Waals surface area contributed by atoms with Crippen molar-refractivity contribution in [1.82, 2.24) is 14.8 Å². The molecule has 0 fully saturated rings. The van der Waals surface area contributed by atoms with Crippen LogP contribution in [0.4, 0.5) is 0 Å². The summed E-state index contributed by atoms with van der Waals surface area (Å²) in [5.41, 5.74) is 0.969. The molecule has 0 unspecified atom stereocenters. The van der Waals surface area contributed by atoms with Gasteiger partial charge in [-0.15, -0.1) is 24.0 Å². The van der Waals surface area contributed by atoms with Crippen molar-refractivity contribution in [3.05, 3.63) is 22.4 Å². The van der Waals surface area contributed by atoms with Gasteiger partial charge in [-0.1, -0.05) is 0 Å². The van der Waals surface area contributed by atoms with Crippen LogP contribution in [0.25, 0.3) is 0 Å². The fraction of sp³-hybridized carbons (Fsp3) is 0.667. The first kappa shape index (κ1) is 21.7. The first-order valence-corrected chi connectivity index (χ1v) is 7.93. The predicted octanol–water partition coefficient (Wildman–Crippen LogP) is 3.23. The lowest BCUT2D eigenvalue weighted by Crippen LogP contribution is -2.40. The smallest absolute Gasteiger partial charge is 0.194 e. The highest BCUT2D eigenvalue weighted by Gasteiger charge is 2.17. The van der Waals surface area contributed by atoms with Gasteiger partial charge in [-0.05, 0) is 42.8 Å². The van der Waals surface area contributed by atoms with Crippen LogP contribution in [0.15, 0.2) is 21.7 Å². The minimum atomic E-state index is -0.254. The second-order valence-electron chi connectivity index (χ2n) is 5.75. The summed E-state index contributed by atoms with van der Waals surface area (Å²) in [6.07, 6.45) is 2.06. The lowest BCUT2D eigenvalue weighted by atomic mass is 10.1. The molecule has 0 aliphatic heterocycles. The Morgan fingerprint density at radius 1 is 1.50 bits per heavy atom. The number of hydrogen-bond donors (Lipinski definition) is 1. The van der Waals surface area contributed by atoms with Gasteiger partial charge < -0.3 is 19.5 Å². The van der Waals surface area contributed by atoms with E-state index >= 15 is 0 Å². The quantitative estimate of drug-likeness (QED) is 0.381. The number of guanidine groups is 1. The minimum absolute atomic E-state index is 0. The summed E-state index contributed by atoms with van der Waals surface area (Å²) in [6.45, 7) is 8.40. The fourth-order valence-corrected chi connectivity index (χ4v) is 2.41. The van der Waals surface area contributed by atoms with Crippen molar-refractivity contribution < 1.29 is 4.74 Å². The van der Waals surface area contributed by atoms with E-state index < -0.39 is 0 Å². The number of nitrogens with zero attached hydrogens (tertiary/aromatic N) is 3. The van der Waals surface area contributed by atoms with Crippen molar-refractivity contribution in [2.45, 2.75) is 32.9 Å². The van der Waals surface area contributed by atoms with Gasteiger partial charge in [-0.3, -0.25) is 4.99 Å². The third-order valence-electron chi connectivity index (χ3n) is 3.33. The predicted molar refractivity (Wildman–Crippen MR) is 107 cm³/mol. The molecule has 0 aromatic carbocycles. The molecule has 1 heterocycles. The number of aliphatic imine (C=N–C) groups is 1. The van der Waals surface area contributed by atoms with Crippen molar-refractivity contribution in [2.75, 3.05) is 27.2 Å². The summed E-state index contributed by atoms with van der Waals surface area (Å²) in [4.78, 5) is 6.80. The van der Waals surface area contributed by atoms with Gasteiger partial charge in [0.05, 0.1) is 18.7 Å². The van der Waals surface area contributed by atoms with E-state index in [9.17, 15) is 0 Å². The molecule has 5 nitrogen and oxygen atoms in total. The van der Waals surface area contributed by atoms with Crippen LogP contribution >= 0.6 is 39.9 Å². The largest absolute Gasteiger partial charge is 0.377 e. The lowest BCUT2D eigenvalue weighted by molar-refractivity contribution is 0.0309. The lowest BCUT2D eigenvalue weighted by Gasteiger charge is -2.25. The van der Waals surface area contributed by atoms with Gasteiger partial charge in [0.15, 0.2) is 5.96 Å². The molecule has 1 aromatic rings. The van der Waals surface area contributed by atoms with Crippen LogP contribution in [0.2, 0.25) is 0 Å². The standard InChI is InChI=1S/C15H27BrN4O.HI/c1-7-17-14(18-11-15(2,3)21-6)20(5)10-13-8-12(16)9-19(13)4;/h8-9H,7,10-11H2,1-6H3,(H,17,18);1H. The minimum Gasteiger partial charge on any atom is -0.377 e. The SMILES string of the molecule is CCNC(=NCC(C)(C)OC)N(C)Cc1cc(Br)cn1C.I. The summed E-state index contributed by atoms with van der Waals surface area (Å²) < 4.78 is 8.63. The molecule has 7 heteroatoms. The van der Waals surface area contributed by atoms with Crippen LogP contribution < -0.4 is 5.32 Å². The van der Waals surface area contributed by atoms with Crippen molar-refractivity contribution in [3.63, 3.8) is 0 Å². The van der Waals surface area contributed by atoms with E-state index in [1.807, 2.05) is 27.9 Å². The Morgan fingerprint density at radius 2 is 2.14 bits per heavy atom. The molecule has 0 atom stereocenters. The number of rotatable bonds is 6. The zero-order valence-corrected chi connectivity index (χ0v) is 18.2. The summed E-state index contributed by atoms with van der Waals surface area (Å²) >= 11 is 3.51. The second-order valence-corrected chi connectivity index (χ2v) is 6.67. The number of methoxy groups -OCH3 is 1. The maximum absolute atomic E-state index is 5.42. The number of aromatic nitrogens is 1. The van der Waals surface area contributed by atoms with E-state index in [2.05, 4.69) is 54.9 Å². The van der Waals surface area contributed by atoms with Crippen molar-refractivity contribution in [1.29, 1.82) is 0 Å². The molecule has 0 aliphatic carbocycles. The Morgan fingerprint density at radius 3 is 2.59 bits per heavy atom. The normalized spacial score (nSPS) is 12.0. The number of ether oxygens (including phenoxy) is 1. The molecular weight excluding hydrogens is 459 g/mol. The third-order valence-corrected chi connectivity index (χ3v) is 3.77. The molecule has 1 rings (SSSR count). The van der Waals surface area contributed by atoms with Gasteiger partial charge in [-0.25, -0.2) is 0 Å². The van der Waals surface area contributed by atoms with E-state index in [0.29, 0.717) is 6.54 Å². The van der Waals surface area contributed by atoms with Gasteiger partial charge in [0, 0.05) is 44.1 Å². The average Bonchev–Trinajstić information content (AvgIpc) is 2.72. The molecule has 0 saturated carbocycles. The highest BCUT2D eigenvalue weighted by Crippen LogP contribution is 2.15. The van der Waals surface area contributed by atoms with Crippen LogP contribution in [-0.2, 0) is 18.3 Å². The zero-order valence-electron chi connectivity index (χ0n) is 14.3. The van der Waals surface area contributed by atoms with E-state index in [-0.39, 0.29) is 29.6 Å². The van der Waals surface area contributed by atoms with Gasteiger partial charge in [0.1, 0.15) is 0 Å². The average molecular weight is 487 g/mol. The monoisotopic (exact) mass is 486 g/mol. The second kappa shape index (κ2) is 9.77. The highest BCUT2D eigenvalue weighted by molar-refractivity contribution is 14.0. The molecule has 0 radical (unpaired) electrons. The molecule has 1 N–H and O–H groups in total. The Bertz CT molecular complexity index is 488. The van der Waals surface area contributed by atoms with E-state index in [0.717, 1.165) is 23.5 Å². The van der Waals surface area contributed by atoms with E-state index in [4.69, 9.17) is 4.74 Å². The Balaban J connectivity index is 0.00000441. The van der Waals surface area contributed by atoms with Crippen LogP contribution in [0, 0.1) is 0 Å². The van der Waals surface area contributed by atoms with Crippen LogP contribution in [0.5, 0.6) is 0 Å². The zero-order chi connectivity index (χ0) is 16.0. The molecule has 22 heavy (non-hydrogen) atoms. The van der Waals surface area contributed by atoms with Gasteiger partial charge in [-0.2, -0.15) is 0 Å². The molecule has 0 saturated heterocycles. The highest BCUT2D eigenvalue weighted by atomic mass is 127. The fourth-order valence-electron chi connectivity index (χ4n) is 1.84. The Labute approximate surface area is 159 Å². The first-order valence-electron chi connectivity index (χ1n) is 7.14. The van der Waals surface area contributed by atoms with E-state index in [1.165, 1.54) is 5.69 Å². The number of nitrogens with one attached hydrogen (secondary N) is 1. The molecular formula is C15H28BrIN4O. The van der Waals surface area contributed by atoms with Crippen LogP contribution in [-0.4, -0.2) is 48.3 Å². The van der Waals surface area contributed by atoms with Gasteiger partial charge in [0.25, 0.3) is 0 Å². The van der Waals surface area contributed by atoms with Gasteiger partial charge in [0.2, 0.25) is 0 Å². The Kier molecular flexibility index (Phi) is 9.64. The summed E-state index contributed by atoms with van der Waals surface area (Å²) in [5.74, 6) is 0.889. The topological polar surface area (TPSA) is 41.8 Å². The Hall–Kier alpha value is -0.280. The van der Waals surface area contributed by atoms with Crippen LogP contribution in [0.1, 0.15) is 26.5 Å². The molecule has 0 aliphatic rings. The maximum Gasteiger partial charge on any atom is 0.194 e. The first-order chi connectivity index (χ1) is 9.79. The number of hydrogen-bond acceptors (Lipinski definition) is 2. The molecule has 128 valence electrons. The third kappa shape index (κ3) is 6.87. The summed E-state index contributed by atoms with van der Waals surface area (Å²) in [6, 6.07) is 2.12. The molecule has 0 spiro atoms. The van der Waals surface area contributed by atoms with Crippen molar-refractivity contribution in [3.8, 4) is 0 Å². The maximum atomic E-state index is 5.42. The van der Waals surface area contributed by atoms with Crippen LogP contribution in [0.3, 0.4) is 0 Å². The van der Waals surface area contributed by atoms with Gasteiger partial charge >= 0.3 is 0 Å². The summed E-state index contributed by atoms with van der Waals surface area (Å²) in [5, 5.41) is 3.32. The van der Waals surface area contributed by atoms with Crippen molar-refractivity contribution >= 4 is 45.9 Å². The van der Waals surface area contributed by atoms with Crippen molar-refractivity contribution in [2.24, 2.45) is 12.0 Å². The molecule has 1 aromatic heterocycles. The molecule has 0 bridgehead atoms. The number of aryl methyl sites for hydroxylation is 1. The molecule has 0 amide bonds. The number of halogens is 2. The van der Waals surface area contributed by atoms with E-state index in [1.54, 1.807) is 7.11 Å². The summed E-state index contributed by atoms with van der Waals surface area (Å²) in [7, 11) is 5.81.